The summed E-state index contributed by atoms with van der Waals surface area (Å²) in [5, 5.41) is 20.5. The summed E-state index contributed by atoms with van der Waals surface area (Å²) >= 11 is 4.87. The van der Waals surface area contributed by atoms with Gasteiger partial charge in [0.15, 0.2) is 5.01 Å². The molecule has 94 valence electrons. The number of rotatable bonds is 4. The van der Waals surface area contributed by atoms with E-state index in [0.717, 1.165) is 11.4 Å². The molecular weight excluding hydrogens is 318 g/mol. The van der Waals surface area contributed by atoms with Gasteiger partial charge in [-0.3, -0.25) is 10.1 Å². The molecule has 2 aromatic rings. The Morgan fingerprint density at radius 2 is 2.17 bits per heavy atom. The topological polar surface area (TPSA) is 68.9 Å². The van der Waals surface area contributed by atoms with Gasteiger partial charge in [0, 0.05) is 6.07 Å². The number of hydrogen-bond acceptors (Lipinski definition) is 5. The molecule has 0 saturated heterocycles. The molecule has 0 amide bonds. The third kappa shape index (κ3) is 2.56. The molecule has 0 aliphatic rings. The van der Waals surface area contributed by atoms with E-state index in [4.69, 9.17) is 0 Å². The van der Waals surface area contributed by atoms with E-state index in [2.05, 4.69) is 26.1 Å². The number of nitrogens with zero attached hydrogens (tertiary/aromatic N) is 3. The zero-order valence-corrected chi connectivity index (χ0v) is 11.9. The van der Waals surface area contributed by atoms with Crippen LogP contribution in [0.1, 0.15) is 23.2 Å². The van der Waals surface area contributed by atoms with Crippen LogP contribution in [0.15, 0.2) is 24.3 Å². The Morgan fingerprint density at radius 1 is 1.44 bits per heavy atom. The molecule has 1 aromatic carbocycles. The number of para-hydroxylation sites is 1. The third-order valence-corrected chi connectivity index (χ3v) is 4.85. The van der Waals surface area contributed by atoms with Gasteiger partial charge in [-0.25, -0.2) is 0 Å². The first-order valence-corrected chi connectivity index (χ1v) is 7.08. The van der Waals surface area contributed by atoms with E-state index >= 15 is 0 Å². The summed E-state index contributed by atoms with van der Waals surface area (Å²) in [7, 11) is 0. The number of benzene rings is 1. The number of nitro benzene ring substituents is 1. The lowest BCUT2D eigenvalue weighted by molar-refractivity contribution is -0.384. The molecule has 0 radical (unpaired) electrons. The van der Waals surface area contributed by atoms with Gasteiger partial charge in [0.1, 0.15) is 5.01 Å². The summed E-state index contributed by atoms with van der Waals surface area (Å²) < 4.78 is 0. The largest absolute Gasteiger partial charge is 0.279 e. The fourth-order valence-corrected chi connectivity index (χ4v) is 2.77. The summed E-state index contributed by atoms with van der Waals surface area (Å²) in [5.74, 6) is 0. The van der Waals surface area contributed by atoms with Gasteiger partial charge in [-0.15, -0.1) is 10.2 Å². The van der Waals surface area contributed by atoms with Crippen LogP contribution in [0.4, 0.5) is 5.69 Å². The predicted octanol–water partition coefficient (Wildman–Crippen LogP) is 3.96. The summed E-state index contributed by atoms with van der Waals surface area (Å²) in [6, 6.07) is 6.57. The zero-order valence-electron chi connectivity index (χ0n) is 9.54. The van der Waals surface area contributed by atoms with Gasteiger partial charge in [-0.1, -0.05) is 46.3 Å². The van der Waals surface area contributed by atoms with Crippen LogP contribution in [0.2, 0.25) is 0 Å². The number of nitro groups is 1. The molecule has 7 heteroatoms. The van der Waals surface area contributed by atoms with Crippen molar-refractivity contribution in [2.24, 2.45) is 0 Å². The predicted molar refractivity (Wildman–Crippen MR) is 74.0 cm³/mol. The van der Waals surface area contributed by atoms with Crippen molar-refractivity contribution in [3.8, 4) is 10.6 Å². The number of alkyl halides is 1. The molecule has 0 N–H and O–H groups in total. The Kier molecular flexibility index (Phi) is 4.03. The van der Waals surface area contributed by atoms with Crippen LogP contribution in [0.25, 0.3) is 10.6 Å². The van der Waals surface area contributed by atoms with Gasteiger partial charge in [0.2, 0.25) is 0 Å². The average Bonchev–Trinajstić information content (AvgIpc) is 2.87. The Labute approximate surface area is 116 Å². The summed E-state index contributed by atoms with van der Waals surface area (Å²) in [6.07, 6.45) is 0.894. The van der Waals surface area contributed by atoms with Crippen LogP contribution in [-0.4, -0.2) is 15.1 Å². The fourth-order valence-electron chi connectivity index (χ4n) is 1.46. The maximum atomic E-state index is 10.9. The molecule has 2 rings (SSSR count). The van der Waals surface area contributed by atoms with Crippen molar-refractivity contribution in [1.29, 1.82) is 0 Å². The van der Waals surface area contributed by atoms with Gasteiger partial charge in [0.05, 0.1) is 15.3 Å². The van der Waals surface area contributed by atoms with Crippen LogP contribution >= 0.6 is 27.3 Å². The molecule has 1 atom stereocenters. The van der Waals surface area contributed by atoms with Crippen LogP contribution < -0.4 is 0 Å². The first-order valence-electron chi connectivity index (χ1n) is 5.34. The maximum absolute atomic E-state index is 10.9. The smallest absolute Gasteiger partial charge is 0.258 e. The maximum Gasteiger partial charge on any atom is 0.279 e. The van der Waals surface area contributed by atoms with Gasteiger partial charge >= 0.3 is 0 Å². The Hall–Kier alpha value is -1.34. The Bertz CT molecular complexity index is 573. The van der Waals surface area contributed by atoms with E-state index in [9.17, 15) is 10.1 Å². The monoisotopic (exact) mass is 327 g/mol. The number of hydrogen-bond donors (Lipinski definition) is 0. The molecule has 0 aliphatic heterocycles. The van der Waals surface area contributed by atoms with Crippen LogP contribution in [0.3, 0.4) is 0 Å². The normalized spacial score (nSPS) is 12.3. The minimum atomic E-state index is -0.401. The lowest BCUT2D eigenvalue weighted by Gasteiger charge is -1.99. The van der Waals surface area contributed by atoms with E-state index in [1.54, 1.807) is 18.2 Å². The second-order valence-corrected chi connectivity index (χ2v) is 5.71. The minimum absolute atomic E-state index is 0.0582. The molecule has 5 nitrogen and oxygen atoms in total. The van der Waals surface area contributed by atoms with Crippen LogP contribution in [-0.2, 0) is 0 Å². The van der Waals surface area contributed by atoms with Crippen molar-refractivity contribution < 1.29 is 4.92 Å². The molecule has 1 unspecified atom stereocenters. The lowest BCUT2D eigenvalue weighted by Crippen LogP contribution is -1.90. The highest BCUT2D eigenvalue weighted by atomic mass is 79.9. The van der Waals surface area contributed by atoms with Gasteiger partial charge in [-0.05, 0) is 12.5 Å². The van der Waals surface area contributed by atoms with Crippen molar-refractivity contribution in [3.63, 3.8) is 0 Å². The minimum Gasteiger partial charge on any atom is -0.258 e. The van der Waals surface area contributed by atoms with Gasteiger partial charge in [-0.2, -0.15) is 0 Å². The fraction of sp³-hybridized carbons (Fsp3) is 0.273. The van der Waals surface area contributed by atoms with Crippen molar-refractivity contribution in [1.82, 2.24) is 10.2 Å². The second kappa shape index (κ2) is 5.53. The molecule has 0 aliphatic carbocycles. The summed E-state index contributed by atoms with van der Waals surface area (Å²) in [5.41, 5.74) is 0.574. The second-order valence-electron chi connectivity index (χ2n) is 3.60. The van der Waals surface area contributed by atoms with E-state index in [1.165, 1.54) is 17.4 Å². The highest BCUT2D eigenvalue weighted by molar-refractivity contribution is 9.09. The first kappa shape index (κ1) is 13.1. The Morgan fingerprint density at radius 3 is 2.83 bits per heavy atom. The molecule has 0 bridgehead atoms. The van der Waals surface area contributed by atoms with Gasteiger partial charge in [0.25, 0.3) is 5.69 Å². The van der Waals surface area contributed by atoms with Crippen molar-refractivity contribution >= 4 is 33.0 Å². The summed E-state index contributed by atoms with van der Waals surface area (Å²) in [4.78, 5) is 10.7. The van der Waals surface area contributed by atoms with Crippen LogP contribution in [0, 0.1) is 10.1 Å². The molecule has 0 saturated carbocycles. The molecule has 18 heavy (non-hydrogen) atoms. The summed E-state index contributed by atoms with van der Waals surface area (Å²) in [6.45, 7) is 2.03. The number of aromatic nitrogens is 2. The van der Waals surface area contributed by atoms with E-state index in [1.807, 2.05) is 6.92 Å². The zero-order chi connectivity index (χ0) is 13.1. The SMILES string of the molecule is CCC(Br)c1nnc(-c2ccccc2[N+](=O)[O-])s1. The quantitative estimate of drug-likeness (QED) is 0.484. The number of halogens is 1. The highest BCUT2D eigenvalue weighted by Crippen LogP contribution is 2.35. The molecule has 1 aromatic heterocycles. The van der Waals surface area contributed by atoms with E-state index in [-0.39, 0.29) is 10.5 Å². The molecular formula is C11H10BrN3O2S. The highest BCUT2D eigenvalue weighted by Gasteiger charge is 2.19. The van der Waals surface area contributed by atoms with Crippen molar-refractivity contribution in [3.05, 3.63) is 39.4 Å². The molecule has 0 fully saturated rings. The molecule has 0 spiro atoms. The Balaban J connectivity index is 2.43. The van der Waals surface area contributed by atoms with Crippen molar-refractivity contribution in [2.45, 2.75) is 18.2 Å². The van der Waals surface area contributed by atoms with Crippen molar-refractivity contribution in [2.75, 3.05) is 0 Å². The van der Waals surface area contributed by atoms with Crippen LogP contribution in [0.5, 0.6) is 0 Å². The molecule has 1 heterocycles. The first-order chi connectivity index (χ1) is 8.63. The van der Waals surface area contributed by atoms with Gasteiger partial charge < -0.3 is 0 Å². The van der Waals surface area contributed by atoms with E-state index in [0.29, 0.717) is 10.6 Å². The average molecular weight is 328 g/mol. The van der Waals surface area contributed by atoms with E-state index < -0.39 is 4.92 Å². The lowest BCUT2D eigenvalue weighted by atomic mass is 10.2. The third-order valence-electron chi connectivity index (χ3n) is 2.40. The standard InChI is InChI=1S/C11H10BrN3O2S/c1-2-8(12)11-14-13-10(18-11)7-5-3-4-6-9(7)15(16)17/h3-6,8H,2H2,1H3.